The molecule has 0 unspecified atom stereocenters. The third-order valence-corrected chi connectivity index (χ3v) is 7.02. The van der Waals surface area contributed by atoms with Gasteiger partial charge in [0.1, 0.15) is 0 Å². The lowest BCUT2D eigenvalue weighted by Gasteiger charge is -2.28. The van der Waals surface area contributed by atoms with Crippen molar-refractivity contribution in [1.29, 1.82) is 0 Å². The predicted molar refractivity (Wildman–Crippen MR) is 114 cm³/mol. The molecule has 2 aromatic carbocycles. The zero-order valence-corrected chi connectivity index (χ0v) is 17.4. The van der Waals surface area contributed by atoms with Gasteiger partial charge in [-0.15, -0.1) is 0 Å². The van der Waals surface area contributed by atoms with Crippen LogP contribution in [0, 0.1) is 0 Å². The molecular formula is C21H23N3O5S. The van der Waals surface area contributed by atoms with Crippen LogP contribution < -0.4 is 15.4 Å². The zero-order chi connectivity index (χ0) is 21.3. The van der Waals surface area contributed by atoms with E-state index < -0.39 is 15.8 Å². The maximum atomic E-state index is 12.7. The first-order valence-electron chi connectivity index (χ1n) is 9.85. The molecule has 9 heteroatoms. The highest BCUT2D eigenvalue weighted by Crippen LogP contribution is 2.24. The largest absolute Gasteiger partial charge is 0.420 e. The summed E-state index contributed by atoms with van der Waals surface area (Å²) >= 11 is 0. The molecule has 2 heterocycles. The van der Waals surface area contributed by atoms with Gasteiger partial charge in [-0.3, -0.25) is 13.7 Å². The SMILES string of the molecule is C[C@H](Cn1c(=O)oc2ccccc21)NC(=O)c1cccc(N2CCCCS2(=O)=O)c1. The van der Waals surface area contributed by atoms with Crippen LogP contribution in [0.2, 0.25) is 0 Å². The van der Waals surface area contributed by atoms with Gasteiger partial charge in [0.2, 0.25) is 10.0 Å². The topological polar surface area (TPSA) is 102 Å². The summed E-state index contributed by atoms with van der Waals surface area (Å²) < 4.78 is 32.8. The number of rotatable bonds is 5. The number of aromatic nitrogens is 1. The summed E-state index contributed by atoms with van der Waals surface area (Å²) in [5.41, 5.74) is 2.02. The Morgan fingerprint density at radius 3 is 2.77 bits per heavy atom. The monoisotopic (exact) mass is 429 g/mol. The number of para-hydroxylation sites is 2. The summed E-state index contributed by atoms with van der Waals surface area (Å²) in [7, 11) is -3.35. The number of carbonyl (C=O) groups excluding carboxylic acids is 1. The average Bonchev–Trinajstić information content (AvgIpc) is 3.03. The Hall–Kier alpha value is -3.07. The molecule has 1 aliphatic rings. The van der Waals surface area contributed by atoms with Crippen molar-refractivity contribution < 1.29 is 17.6 Å². The highest BCUT2D eigenvalue weighted by molar-refractivity contribution is 7.92. The van der Waals surface area contributed by atoms with Crippen LogP contribution in [0.3, 0.4) is 0 Å². The highest BCUT2D eigenvalue weighted by Gasteiger charge is 2.26. The Morgan fingerprint density at radius 2 is 1.97 bits per heavy atom. The van der Waals surface area contributed by atoms with Gasteiger partial charge in [-0.2, -0.15) is 0 Å². The molecule has 158 valence electrons. The van der Waals surface area contributed by atoms with Crippen LogP contribution >= 0.6 is 0 Å². The molecule has 4 rings (SSSR count). The van der Waals surface area contributed by atoms with E-state index in [1.807, 2.05) is 6.07 Å². The second-order valence-electron chi connectivity index (χ2n) is 7.47. The normalized spacial score (nSPS) is 17.0. The quantitative estimate of drug-likeness (QED) is 0.671. The number of benzene rings is 2. The van der Waals surface area contributed by atoms with Gasteiger partial charge in [0.15, 0.2) is 5.58 Å². The van der Waals surface area contributed by atoms with Crippen LogP contribution in [0.1, 0.15) is 30.1 Å². The maximum Gasteiger partial charge on any atom is 0.420 e. The van der Waals surface area contributed by atoms with Crippen LogP contribution in [0.25, 0.3) is 11.1 Å². The molecule has 1 atom stereocenters. The molecular weight excluding hydrogens is 406 g/mol. The van der Waals surface area contributed by atoms with Gasteiger partial charge in [-0.1, -0.05) is 18.2 Å². The van der Waals surface area contributed by atoms with Crippen molar-refractivity contribution in [2.24, 2.45) is 0 Å². The molecule has 1 N–H and O–H groups in total. The van der Waals surface area contributed by atoms with Crippen LogP contribution in [0.5, 0.6) is 0 Å². The number of hydrogen-bond acceptors (Lipinski definition) is 5. The Morgan fingerprint density at radius 1 is 1.17 bits per heavy atom. The van der Waals surface area contributed by atoms with Gasteiger partial charge in [0.25, 0.3) is 5.91 Å². The number of amides is 1. The van der Waals surface area contributed by atoms with Crippen LogP contribution in [-0.2, 0) is 16.6 Å². The van der Waals surface area contributed by atoms with Crippen molar-refractivity contribution in [3.63, 3.8) is 0 Å². The van der Waals surface area contributed by atoms with E-state index in [0.29, 0.717) is 35.3 Å². The molecule has 0 saturated carbocycles. The second-order valence-corrected chi connectivity index (χ2v) is 9.48. The maximum absolute atomic E-state index is 12.7. The molecule has 1 fully saturated rings. The highest BCUT2D eigenvalue weighted by atomic mass is 32.2. The van der Waals surface area contributed by atoms with Gasteiger partial charge in [-0.05, 0) is 50.1 Å². The summed E-state index contributed by atoms with van der Waals surface area (Å²) in [5, 5.41) is 2.87. The van der Waals surface area contributed by atoms with Gasteiger partial charge in [-0.25, -0.2) is 13.2 Å². The van der Waals surface area contributed by atoms with Gasteiger partial charge in [0, 0.05) is 24.7 Å². The van der Waals surface area contributed by atoms with Gasteiger partial charge < -0.3 is 9.73 Å². The lowest BCUT2D eigenvalue weighted by Crippen LogP contribution is -2.39. The Bertz CT molecular complexity index is 1240. The molecule has 1 aliphatic heterocycles. The average molecular weight is 429 g/mol. The fourth-order valence-corrected chi connectivity index (χ4v) is 5.33. The summed E-state index contributed by atoms with van der Waals surface area (Å²) in [4.78, 5) is 24.9. The van der Waals surface area contributed by atoms with E-state index >= 15 is 0 Å². The van der Waals surface area contributed by atoms with Crippen molar-refractivity contribution >= 4 is 32.7 Å². The number of carbonyl (C=O) groups is 1. The minimum Gasteiger partial charge on any atom is -0.408 e. The Labute approximate surface area is 174 Å². The van der Waals surface area contributed by atoms with Crippen molar-refractivity contribution in [3.05, 3.63) is 64.6 Å². The standard InChI is InChI=1S/C21H23N3O5S/c1-15(14-23-18-9-2-3-10-19(18)29-21(23)26)22-20(25)16-7-6-8-17(13-16)24-11-4-5-12-30(24,27)28/h2-3,6-10,13,15H,4-5,11-12,14H2,1H3,(H,22,25)/t15-/m1/s1. The third kappa shape index (κ3) is 3.97. The van der Waals surface area contributed by atoms with Gasteiger partial charge >= 0.3 is 5.76 Å². The second kappa shape index (κ2) is 7.98. The first-order chi connectivity index (χ1) is 14.3. The molecule has 1 aromatic heterocycles. The van der Waals surface area contributed by atoms with E-state index in [1.54, 1.807) is 49.4 Å². The number of sulfonamides is 1. The van der Waals surface area contributed by atoms with Gasteiger partial charge in [0.05, 0.1) is 17.0 Å². The van der Waals surface area contributed by atoms with Crippen LogP contribution in [0.15, 0.2) is 57.7 Å². The Kier molecular flexibility index (Phi) is 5.38. The molecule has 8 nitrogen and oxygen atoms in total. The zero-order valence-electron chi connectivity index (χ0n) is 16.6. The van der Waals surface area contributed by atoms with E-state index in [0.717, 1.165) is 6.42 Å². The summed E-state index contributed by atoms with van der Waals surface area (Å²) in [5.74, 6) is -0.692. The lowest BCUT2D eigenvalue weighted by molar-refractivity contribution is 0.0936. The molecule has 30 heavy (non-hydrogen) atoms. The van der Waals surface area contributed by atoms with Crippen molar-refractivity contribution in [1.82, 2.24) is 9.88 Å². The van der Waals surface area contributed by atoms with E-state index in [4.69, 9.17) is 4.42 Å². The summed E-state index contributed by atoms with van der Waals surface area (Å²) in [6.07, 6.45) is 1.44. The number of nitrogens with one attached hydrogen (secondary N) is 1. The summed E-state index contributed by atoms with van der Waals surface area (Å²) in [6, 6.07) is 13.4. The summed E-state index contributed by atoms with van der Waals surface area (Å²) in [6.45, 7) is 2.47. The smallest absolute Gasteiger partial charge is 0.408 e. The lowest BCUT2D eigenvalue weighted by atomic mass is 10.1. The first kappa shape index (κ1) is 20.2. The number of anilines is 1. The third-order valence-electron chi connectivity index (χ3n) is 5.15. The molecule has 0 aliphatic carbocycles. The molecule has 0 spiro atoms. The Balaban J connectivity index is 1.50. The number of fused-ring (bicyclic) bond motifs is 1. The van der Waals surface area contributed by atoms with E-state index in [1.165, 1.54) is 8.87 Å². The van der Waals surface area contributed by atoms with Crippen molar-refractivity contribution in [3.8, 4) is 0 Å². The molecule has 1 saturated heterocycles. The molecule has 3 aromatic rings. The number of nitrogens with zero attached hydrogens (tertiary/aromatic N) is 2. The predicted octanol–water partition coefficient (Wildman–Crippen LogP) is 2.34. The van der Waals surface area contributed by atoms with Crippen molar-refractivity contribution in [2.75, 3.05) is 16.6 Å². The number of hydrogen-bond donors (Lipinski definition) is 1. The molecule has 0 radical (unpaired) electrons. The fraction of sp³-hybridized carbons (Fsp3) is 0.333. The van der Waals surface area contributed by atoms with Crippen LogP contribution in [0.4, 0.5) is 5.69 Å². The van der Waals surface area contributed by atoms with E-state index in [2.05, 4.69) is 5.32 Å². The molecule has 0 bridgehead atoms. The van der Waals surface area contributed by atoms with Crippen molar-refractivity contribution in [2.45, 2.75) is 32.4 Å². The van der Waals surface area contributed by atoms with E-state index in [-0.39, 0.29) is 24.2 Å². The minimum absolute atomic E-state index is 0.119. The minimum atomic E-state index is -3.35. The van der Waals surface area contributed by atoms with E-state index in [9.17, 15) is 18.0 Å². The first-order valence-corrected chi connectivity index (χ1v) is 11.5. The molecule has 1 amide bonds. The number of oxazole rings is 1. The fourth-order valence-electron chi connectivity index (χ4n) is 3.69. The van der Waals surface area contributed by atoms with Crippen LogP contribution in [-0.4, -0.2) is 37.2 Å².